The van der Waals surface area contributed by atoms with Gasteiger partial charge in [0, 0.05) is 5.56 Å². The van der Waals surface area contributed by atoms with E-state index in [1.807, 2.05) is 0 Å². The van der Waals surface area contributed by atoms with E-state index in [0.29, 0.717) is 6.07 Å². The molecule has 0 unspecified atom stereocenters. The Labute approximate surface area is 79.9 Å². The van der Waals surface area contributed by atoms with Crippen LogP contribution in [0, 0.1) is 5.82 Å². The van der Waals surface area contributed by atoms with Crippen LogP contribution in [0.25, 0.3) is 0 Å². The second-order valence-electron chi connectivity index (χ2n) is 2.15. The van der Waals surface area contributed by atoms with Gasteiger partial charge in [0.1, 0.15) is 10.3 Å². The number of hydrogen-bond donors (Lipinski definition) is 0. The van der Waals surface area contributed by atoms with Crippen LogP contribution in [0.3, 0.4) is 0 Å². The summed E-state index contributed by atoms with van der Waals surface area (Å²) in [7, 11) is 0. The van der Waals surface area contributed by atoms with Crippen LogP contribution < -0.4 is 0 Å². The number of nitrogens with zero attached hydrogens (tertiary/aromatic N) is 1. The maximum absolute atomic E-state index is 12.7. The summed E-state index contributed by atoms with van der Waals surface area (Å²) in [6, 6.07) is 0.714. The summed E-state index contributed by atoms with van der Waals surface area (Å²) in [4.78, 5) is 13.4. The van der Waals surface area contributed by atoms with Crippen molar-refractivity contribution in [1.82, 2.24) is 4.98 Å². The molecule has 0 aliphatic heterocycles. The first kappa shape index (κ1) is 10.2. The van der Waals surface area contributed by atoms with Gasteiger partial charge in [0.2, 0.25) is 0 Å². The molecule has 0 amide bonds. The summed E-state index contributed by atoms with van der Waals surface area (Å²) in [5.41, 5.74) is -1.15. The fraction of sp³-hybridized carbons (Fsp3) is 0.143. The van der Waals surface area contributed by atoms with Crippen molar-refractivity contribution in [2.75, 3.05) is 0 Å². The van der Waals surface area contributed by atoms with Crippen LogP contribution >= 0.6 is 15.9 Å². The molecule has 1 heterocycles. The third kappa shape index (κ3) is 2.06. The van der Waals surface area contributed by atoms with Crippen molar-refractivity contribution >= 4 is 22.2 Å². The van der Waals surface area contributed by atoms with Crippen molar-refractivity contribution < 1.29 is 18.0 Å². The standard InChI is InChI=1S/C7H3BrF3NO/c8-6-4(9)1-3(2-13)5(12-6)7(10)11/h1-2,7H. The van der Waals surface area contributed by atoms with Crippen molar-refractivity contribution in [1.29, 1.82) is 0 Å². The number of alkyl halides is 2. The molecule has 0 saturated heterocycles. The zero-order valence-corrected chi connectivity index (χ0v) is 7.69. The minimum atomic E-state index is -2.89. The highest BCUT2D eigenvalue weighted by Gasteiger charge is 2.17. The second-order valence-corrected chi connectivity index (χ2v) is 2.91. The molecular formula is C7H3BrF3NO. The summed E-state index contributed by atoms with van der Waals surface area (Å²) in [6.07, 6.45) is -2.75. The highest BCUT2D eigenvalue weighted by molar-refractivity contribution is 9.10. The number of carbonyl (C=O) groups excluding carboxylic acids is 1. The lowest BCUT2D eigenvalue weighted by molar-refractivity contribution is 0.110. The smallest absolute Gasteiger partial charge is 0.281 e. The van der Waals surface area contributed by atoms with Gasteiger partial charge < -0.3 is 0 Å². The van der Waals surface area contributed by atoms with Crippen LogP contribution in [0.2, 0.25) is 0 Å². The summed E-state index contributed by atoms with van der Waals surface area (Å²) < 4.78 is 36.7. The molecular weight excluding hydrogens is 251 g/mol. The van der Waals surface area contributed by atoms with E-state index in [1.54, 1.807) is 0 Å². The van der Waals surface area contributed by atoms with Crippen LogP contribution in [-0.4, -0.2) is 11.3 Å². The number of rotatable bonds is 2. The average Bonchev–Trinajstić information content (AvgIpc) is 2.08. The molecule has 1 rings (SSSR count). The maximum atomic E-state index is 12.7. The molecule has 0 bridgehead atoms. The van der Waals surface area contributed by atoms with Crippen molar-refractivity contribution in [3.8, 4) is 0 Å². The van der Waals surface area contributed by atoms with Gasteiger partial charge in [0.15, 0.2) is 12.1 Å². The van der Waals surface area contributed by atoms with Gasteiger partial charge in [-0.1, -0.05) is 0 Å². The Kier molecular flexibility index (Phi) is 3.02. The predicted octanol–water partition coefficient (Wildman–Crippen LogP) is 2.73. The molecule has 0 N–H and O–H groups in total. The molecule has 0 aliphatic rings. The van der Waals surface area contributed by atoms with Crippen molar-refractivity contribution in [3.63, 3.8) is 0 Å². The van der Waals surface area contributed by atoms with Gasteiger partial charge in [-0.3, -0.25) is 4.79 Å². The maximum Gasteiger partial charge on any atom is 0.281 e. The van der Waals surface area contributed by atoms with E-state index in [2.05, 4.69) is 20.9 Å². The number of halogens is 4. The third-order valence-corrected chi connectivity index (χ3v) is 1.88. The SMILES string of the molecule is O=Cc1cc(F)c(Br)nc1C(F)F. The number of aromatic nitrogens is 1. The van der Waals surface area contributed by atoms with E-state index in [0.717, 1.165) is 0 Å². The molecule has 0 saturated carbocycles. The monoisotopic (exact) mass is 253 g/mol. The molecule has 13 heavy (non-hydrogen) atoms. The van der Waals surface area contributed by atoms with Gasteiger partial charge in [-0.15, -0.1) is 0 Å². The highest BCUT2D eigenvalue weighted by atomic mass is 79.9. The lowest BCUT2D eigenvalue weighted by atomic mass is 10.2. The molecule has 0 aromatic carbocycles. The van der Waals surface area contributed by atoms with Gasteiger partial charge in [-0.25, -0.2) is 18.2 Å². The number of hydrogen-bond acceptors (Lipinski definition) is 2. The van der Waals surface area contributed by atoms with E-state index in [-0.39, 0.29) is 10.9 Å². The van der Waals surface area contributed by atoms with Crippen LogP contribution in [0.1, 0.15) is 22.5 Å². The van der Waals surface area contributed by atoms with E-state index in [4.69, 9.17) is 0 Å². The Balaban J connectivity index is 3.32. The normalized spacial score (nSPS) is 10.5. The lowest BCUT2D eigenvalue weighted by Crippen LogP contribution is -2.00. The fourth-order valence-corrected chi connectivity index (χ4v) is 1.07. The minimum absolute atomic E-state index is 0.143. The average molecular weight is 254 g/mol. The molecule has 1 aromatic rings. The number of carbonyl (C=O) groups is 1. The van der Waals surface area contributed by atoms with Gasteiger partial charge in [-0.2, -0.15) is 0 Å². The van der Waals surface area contributed by atoms with Gasteiger partial charge in [-0.05, 0) is 22.0 Å². The minimum Gasteiger partial charge on any atom is -0.298 e. The first-order valence-electron chi connectivity index (χ1n) is 3.15. The van der Waals surface area contributed by atoms with Crippen molar-refractivity contribution in [2.45, 2.75) is 6.43 Å². The molecule has 6 heteroatoms. The first-order chi connectivity index (χ1) is 6.06. The summed E-state index contributed by atoms with van der Waals surface area (Å²) in [5, 5.41) is 0. The number of pyridine rings is 1. The van der Waals surface area contributed by atoms with Gasteiger partial charge in [0.25, 0.3) is 6.43 Å². The third-order valence-electron chi connectivity index (χ3n) is 1.33. The van der Waals surface area contributed by atoms with Crippen LogP contribution in [0.15, 0.2) is 10.7 Å². The first-order valence-corrected chi connectivity index (χ1v) is 3.95. The van der Waals surface area contributed by atoms with Crippen molar-refractivity contribution in [2.24, 2.45) is 0 Å². The predicted molar refractivity (Wildman–Crippen MR) is 42.2 cm³/mol. The van der Waals surface area contributed by atoms with E-state index < -0.39 is 23.5 Å². The van der Waals surface area contributed by atoms with Gasteiger partial charge >= 0.3 is 0 Å². The molecule has 70 valence electrons. The molecule has 0 spiro atoms. The van der Waals surface area contributed by atoms with E-state index >= 15 is 0 Å². The van der Waals surface area contributed by atoms with Crippen LogP contribution in [-0.2, 0) is 0 Å². The Morgan fingerprint density at radius 2 is 2.15 bits per heavy atom. The highest BCUT2D eigenvalue weighted by Crippen LogP contribution is 2.23. The Bertz CT molecular complexity index is 343. The van der Waals surface area contributed by atoms with Crippen molar-refractivity contribution in [3.05, 3.63) is 27.7 Å². The lowest BCUT2D eigenvalue weighted by Gasteiger charge is -2.03. The Morgan fingerprint density at radius 1 is 1.54 bits per heavy atom. The second kappa shape index (κ2) is 3.87. The van der Waals surface area contributed by atoms with E-state index in [9.17, 15) is 18.0 Å². The summed E-state index contributed by atoms with van der Waals surface area (Å²) in [5.74, 6) is -0.841. The largest absolute Gasteiger partial charge is 0.298 e. The van der Waals surface area contributed by atoms with Crippen LogP contribution in [0.4, 0.5) is 13.2 Å². The molecule has 0 atom stereocenters. The summed E-state index contributed by atoms with van der Waals surface area (Å²) in [6.45, 7) is 0. The fourth-order valence-electron chi connectivity index (χ4n) is 0.763. The zero-order valence-electron chi connectivity index (χ0n) is 6.10. The zero-order chi connectivity index (χ0) is 10.0. The Morgan fingerprint density at radius 3 is 2.62 bits per heavy atom. The molecule has 2 nitrogen and oxygen atoms in total. The quantitative estimate of drug-likeness (QED) is 0.600. The van der Waals surface area contributed by atoms with E-state index in [1.165, 1.54) is 0 Å². The Hall–Kier alpha value is -0.910. The summed E-state index contributed by atoms with van der Waals surface area (Å²) >= 11 is 2.64. The molecule has 0 radical (unpaired) electrons. The topological polar surface area (TPSA) is 30.0 Å². The molecule has 0 aliphatic carbocycles. The molecule has 1 aromatic heterocycles. The number of aldehydes is 1. The van der Waals surface area contributed by atoms with Crippen LogP contribution in [0.5, 0.6) is 0 Å². The van der Waals surface area contributed by atoms with Gasteiger partial charge in [0.05, 0.1) is 0 Å². The molecule has 0 fully saturated rings.